The van der Waals surface area contributed by atoms with Gasteiger partial charge in [0.25, 0.3) is 0 Å². The third-order valence-electron chi connectivity index (χ3n) is 4.00. The van der Waals surface area contributed by atoms with Crippen LogP contribution in [-0.4, -0.2) is 13.0 Å². The van der Waals surface area contributed by atoms with Crippen LogP contribution in [0.5, 0.6) is 5.75 Å². The number of amides is 1. The molecule has 1 N–H and O–H groups in total. The summed E-state index contributed by atoms with van der Waals surface area (Å²) in [6.45, 7) is 0.368. The molecule has 0 heterocycles. The van der Waals surface area contributed by atoms with Crippen molar-refractivity contribution in [1.29, 1.82) is 0 Å². The van der Waals surface area contributed by atoms with Crippen molar-refractivity contribution in [2.45, 2.75) is 13.0 Å². The Morgan fingerprint density at radius 2 is 1.88 bits per heavy atom. The number of methoxy groups -OCH3 is 1. The van der Waals surface area contributed by atoms with E-state index in [0.717, 1.165) is 22.1 Å². The first-order valence-corrected chi connectivity index (χ1v) is 8.21. The first kappa shape index (κ1) is 17.2. The van der Waals surface area contributed by atoms with Gasteiger partial charge in [0.15, 0.2) is 0 Å². The highest BCUT2D eigenvalue weighted by atomic mass is 35.5. The molecule has 0 fully saturated rings. The van der Waals surface area contributed by atoms with E-state index in [9.17, 15) is 9.18 Å². The van der Waals surface area contributed by atoms with Crippen LogP contribution in [0.25, 0.3) is 10.8 Å². The minimum absolute atomic E-state index is 0.0870. The average Bonchev–Trinajstić information content (AvgIpc) is 2.62. The summed E-state index contributed by atoms with van der Waals surface area (Å²) in [7, 11) is 1.63. The van der Waals surface area contributed by atoms with Crippen molar-refractivity contribution in [3.63, 3.8) is 0 Å². The van der Waals surface area contributed by atoms with Crippen LogP contribution in [-0.2, 0) is 17.8 Å². The van der Waals surface area contributed by atoms with E-state index in [1.807, 2.05) is 36.4 Å². The predicted octanol–water partition coefficient (Wildman–Crippen LogP) is 4.50. The SMILES string of the molecule is COc1ccc2cc(CNC(=O)Cc3c(F)cccc3Cl)ccc2c1. The number of ether oxygens (including phenoxy) is 1. The van der Waals surface area contributed by atoms with E-state index in [2.05, 4.69) is 5.32 Å². The summed E-state index contributed by atoms with van der Waals surface area (Å²) in [6.07, 6.45) is -0.0870. The van der Waals surface area contributed by atoms with Gasteiger partial charge in [0.05, 0.1) is 13.5 Å². The fraction of sp³-hybridized carbons (Fsp3) is 0.150. The monoisotopic (exact) mass is 357 g/mol. The van der Waals surface area contributed by atoms with Gasteiger partial charge in [0.2, 0.25) is 5.91 Å². The van der Waals surface area contributed by atoms with Crippen molar-refractivity contribution in [3.05, 3.63) is 76.6 Å². The minimum atomic E-state index is -0.470. The van der Waals surface area contributed by atoms with Crippen molar-refractivity contribution in [2.75, 3.05) is 7.11 Å². The van der Waals surface area contributed by atoms with Crippen LogP contribution in [0, 0.1) is 5.82 Å². The van der Waals surface area contributed by atoms with Gasteiger partial charge in [0.1, 0.15) is 11.6 Å². The van der Waals surface area contributed by atoms with Gasteiger partial charge in [-0.2, -0.15) is 0 Å². The lowest BCUT2D eigenvalue weighted by atomic mass is 10.1. The van der Waals surface area contributed by atoms with E-state index in [0.29, 0.717) is 6.54 Å². The topological polar surface area (TPSA) is 38.3 Å². The first-order chi connectivity index (χ1) is 12.1. The fourth-order valence-corrected chi connectivity index (χ4v) is 2.86. The van der Waals surface area contributed by atoms with E-state index in [1.165, 1.54) is 12.1 Å². The minimum Gasteiger partial charge on any atom is -0.497 e. The van der Waals surface area contributed by atoms with Gasteiger partial charge in [-0.25, -0.2) is 4.39 Å². The zero-order chi connectivity index (χ0) is 17.8. The lowest BCUT2D eigenvalue weighted by Crippen LogP contribution is -2.25. The molecule has 0 atom stereocenters. The van der Waals surface area contributed by atoms with E-state index < -0.39 is 5.82 Å². The largest absolute Gasteiger partial charge is 0.497 e. The molecule has 0 aliphatic rings. The average molecular weight is 358 g/mol. The third-order valence-corrected chi connectivity index (χ3v) is 4.35. The van der Waals surface area contributed by atoms with Crippen molar-refractivity contribution in [2.24, 2.45) is 0 Å². The molecule has 128 valence electrons. The van der Waals surface area contributed by atoms with Crippen molar-refractivity contribution in [1.82, 2.24) is 5.32 Å². The maximum absolute atomic E-state index is 13.7. The molecule has 3 aromatic carbocycles. The van der Waals surface area contributed by atoms with Crippen LogP contribution < -0.4 is 10.1 Å². The number of benzene rings is 3. The van der Waals surface area contributed by atoms with Crippen molar-refractivity contribution < 1.29 is 13.9 Å². The number of hydrogen-bond acceptors (Lipinski definition) is 2. The molecule has 0 aromatic heterocycles. The Morgan fingerprint density at radius 3 is 2.64 bits per heavy atom. The van der Waals surface area contributed by atoms with Crippen LogP contribution >= 0.6 is 11.6 Å². The normalized spacial score (nSPS) is 10.7. The zero-order valence-corrected chi connectivity index (χ0v) is 14.4. The Bertz CT molecular complexity index is 906. The number of carbonyl (C=O) groups excluding carboxylic acids is 1. The summed E-state index contributed by atoms with van der Waals surface area (Å²) in [5.74, 6) is 0.0550. The molecule has 0 bridgehead atoms. The van der Waals surface area contributed by atoms with E-state index in [-0.39, 0.29) is 22.9 Å². The Hall–Kier alpha value is -2.59. The number of hydrogen-bond donors (Lipinski definition) is 1. The molecule has 0 spiro atoms. The molecule has 0 radical (unpaired) electrons. The summed E-state index contributed by atoms with van der Waals surface area (Å²) >= 11 is 5.95. The second-order valence-corrected chi connectivity index (χ2v) is 6.11. The van der Waals surface area contributed by atoms with Gasteiger partial charge in [-0.3, -0.25) is 4.79 Å². The van der Waals surface area contributed by atoms with Gasteiger partial charge in [-0.1, -0.05) is 35.9 Å². The molecule has 0 unspecified atom stereocenters. The van der Waals surface area contributed by atoms with Gasteiger partial charge in [0, 0.05) is 17.1 Å². The fourth-order valence-electron chi connectivity index (χ4n) is 2.64. The molecule has 3 rings (SSSR count). The summed E-state index contributed by atoms with van der Waals surface area (Å²) in [5.41, 5.74) is 1.18. The molecular weight excluding hydrogens is 341 g/mol. The number of carbonyl (C=O) groups is 1. The number of nitrogens with one attached hydrogen (secondary N) is 1. The maximum atomic E-state index is 13.7. The highest BCUT2D eigenvalue weighted by Gasteiger charge is 2.11. The van der Waals surface area contributed by atoms with Gasteiger partial charge in [-0.15, -0.1) is 0 Å². The quantitative estimate of drug-likeness (QED) is 0.730. The third kappa shape index (κ3) is 4.09. The smallest absolute Gasteiger partial charge is 0.224 e. The highest BCUT2D eigenvalue weighted by Crippen LogP contribution is 2.22. The summed E-state index contributed by atoms with van der Waals surface area (Å²) in [6, 6.07) is 16.1. The van der Waals surface area contributed by atoms with Crippen LogP contribution in [0.3, 0.4) is 0 Å². The van der Waals surface area contributed by atoms with Crippen molar-refractivity contribution >= 4 is 28.3 Å². The molecule has 5 heteroatoms. The summed E-state index contributed by atoms with van der Waals surface area (Å²) < 4.78 is 18.9. The number of fused-ring (bicyclic) bond motifs is 1. The van der Waals surface area contributed by atoms with E-state index >= 15 is 0 Å². The standard InChI is InChI=1S/C20H17ClFNO2/c1-25-16-8-7-14-9-13(5-6-15(14)10-16)12-23-20(24)11-17-18(21)3-2-4-19(17)22/h2-10H,11-12H2,1H3,(H,23,24). The molecule has 0 aliphatic carbocycles. The number of rotatable bonds is 5. The van der Waals surface area contributed by atoms with Crippen molar-refractivity contribution in [3.8, 4) is 5.75 Å². The Morgan fingerprint density at radius 1 is 1.12 bits per heavy atom. The Kier molecular flexibility index (Phi) is 5.19. The van der Waals surface area contributed by atoms with Crippen LogP contribution in [0.1, 0.15) is 11.1 Å². The van der Waals surface area contributed by atoms with Gasteiger partial charge >= 0.3 is 0 Å². The van der Waals surface area contributed by atoms with Gasteiger partial charge < -0.3 is 10.1 Å². The lowest BCUT2D eigenvalue weighted by molar-refractivity contribution is -0.120. The van der Waals surface area contributed by atoms with Crippen LogP contribution in [0.2, 0.25) is 5.02 Å². The molecule has 0 aliphatic heterocycles. The molecular formula is C20H17ClFNO2. The summed E-state index contributed by atoms with van der Waals surface area (Å²) in [4.78, 5) is 12.1. The van der Waals surface area contributed by atoms with E-state index in [4.69, 9.17) is 16.3 Å². The predicted molar refractivity (Wildman–Crippen MR) is 97.5 cm³/mol. The maximum Gasteiger partial charge on any atom is 0.224 e. The van der Waals surface area contributed by atoms with Gasteiger partial charge in [-0.05, 0) is 46.7 Å². The lowest BCUT2D eigenvalue weighted by Gasteiger charge is -2.09. The molecule has 3 aromatic rings. The molecule has 25 heavy (non-hydrogen) atoms. The molecule has 0 saturated heterocycles. The Balaban J connectivity index is 1.67. The molecule has 3 nitrogen and oxygen atoms in total. The highest BCUT2D eigenvalue weighted by molar-refractivity contribution is 6.31. The van der Waals surface area contributed by atoms with E-state index in [1.54, 1.807) is 13.2 Å². The first-order valence-electron chi connectivity index (χ1n) is 7.83. The van der Waals surface area contributed by atoms with Crippen LogP contribution in [0.15, 0.2) is 54.6 Å². The molecule has 0 saturated carbocycles. The second kappa shape index (κ2) is 7.53. The second-order valence-electron chi connectivity index (χ2n) is 5.70. The zero-order valence-electron chi connectivity index (χ0n) is 13.7. The Labute approximate surface area is 150 Å². The number of halogens is 2. The summed E-state index contributed by atoms with van der Waals surface area (Å²) in [5, 5.41) is 5.18. The van der Waals surface area contributed by atoms with Crippen LogP contribution in [0.4, 0.5) is 4.39 Å². The molecule has 1 amide bonds.